The Balaban J connectivity index is 2.52. The van der Waals surface area contributed by atoms with E-state index in [1.165, 1.54) is 6.07 Å². The van der Waals surface area contributed by atoms with Gasteiger partial charge in [-0.15, -0.1) is 0 Å². The van der Waals surface area contributed by atoms with Crippen molar-refractivity contribution in [3.05, 3.63) is 35.4 Å². The average Bonchev–Trinajstić information content (AvgIpc) is 2.41. The molecule has 0 aromatic heterocycles. The normalized spacial score (nSPS) is 12.2. The molecule has 106 valence electrons. The van der Waals surface area contributed by atoms with Crippen molar-refractivity contribution in [2.75, 3.05) is 6.61 Å². The van der Waals surface area contributed by atoms with E-state index in [0.717, 1.165) is 37.8 Å². The van der Waals surface area contributed by atoms with Crippen molar-refractivity contribution in [1.82, 2.24) is 0 Å². The highest BCUT2D eigenvalue weighted by atomic mass is 19.2. The topological polar surface area (TPSA) is 26.3 Å². The molecule has 4 heteroatoms. The van der Waals surface area contributed by atoms with Crippen molar-refractivity contribution >= 4 is 5.97 Å². The van der Waals surface area contributed by atoms with Gasteiger partial charge in [0.2, 0.25) is 0 Å². The number of unbranched alkanes of at least 4 members (excludes halogenated alkanes) is 1. The molecule has 0 aliphatic rings. The van der Waals surface area contributed by atoms with E-state index < -0.39 is 17.6 Å². The molecule has 0 saturated heterocycles. The minimum Gasteiger partial charge on any atom is -0.462 e. The van der Waals surface area contributed by atoms with E-state index in [2.05, 4.69) is 6.92 Å². The molecular weight excluding hydrogens is 250 g/mol. The van der Waals surface area contributed by atoms with Crippen molar-refractivity contribution < 1.29 is 18.3 Å². The van der Waals surface area contributed by atoms with Crippen LogP contribution in [0.5, 0.6) is 0 Å². The molecule has 2 nitrogen and oxygen atoms in total. The van der Waals surface area contributed by atoms with Crippen LogP contribution in [0.25, 0.3) is 0 Å². The van der Waals surface area contributed by atoms with Gasteiger partial charge in [-0.1, -0.05) is 33.1 Å². The van der Waals surface area contributed by atoms with Crippen LogP contribution in [0.2, 0.25) is 0 Å². The lowest BCUT2D eigenvalue weighted by atomic mass is 10.0. The monoisotopic (exact) mass is 270 g/mol. The molecule has 1 unspecified atom stereocenters. The zero-order valence-electron chi connectivity index (χ0n) is 11.4. The van der Waals surface area contributed by atoms with Gasteiger partial charge in [-0.2, -0.15) is 0 Å². The van der Waals surface area contributed by atoms with Gasteiger partial charge in [0, 0.05) is 0 Å². The maximum absolute atomic E-state index is 13.0. The van der Waals surface area contributed by atoms with E-state index in [4.69, 9.17) is 4.74 Å². The number of ether oxygens (including phenoxy) is 1. The Bertz CT molecular complexity index is 419. The molecule has 19 heavy (non-hydrogen) atoms. The molecule has 1 rings (SSSR count). The molecule has 0 aliphatic carbocycles. The van der Waals surface area contributed by atoms with Gasteiger partial charge in [-0.3, -0.25) is 0 Å². The summed E-state index contributed by atoms with van der Waals surface area (Å²) < 4.78 is 30.9. The average molecular weight is 270 g/mol. The Labute approximate surface area is 112 Å². The quantitative estimate of drug-likeness (QED) is 0.689. The van der Waals surface area contributed by atoms with Crippen molar-refractivity contribution in [2.45, 2.75) is 39.5 Å². The van der Waals surface area contributed by atoms with Crippen LogP contribution in [0.3, 0.4) is 0 Å². The second-order valence-corrected chi connectivity index (χ2v) is 4.64. The van der Waals surface area contributed by atoms with E-state index in [0.29, 0.717) is 12.5 Å². The molecule has 0 spiro atoms. The predicted octanol–water partition coefficient (Wildman–Crippen LogP) is 4.34. The van der Waals surface area contributed by atoms with Gasteiger partial charge < -0.3 is 4.74 Å². The highest BCUT2D eigenvalue weighted by molar-refractivity contribution is 5.89. The van der Waals surface area contributed by atoms with Crippen LogP contribution < -0.4 is 0 Å². The number of halogens is 2. The SMILES string of the molecule is CCCCC(CC)COC(=O)c1ccc(F)c(F)c1. The number of hydrogen-bond acceptors (Lipinski definition) is 2. The van der Waals surface area contributed by atoms with E-state index >= 15 is 0 Å². The van der Waals surface area contributed by atoms with Crippen molar-refractivity contribution in [3.63, 3.8) is 0 Å². The summed E-state index contributed by atoms with van der Waals surface area (Å²) in [6.45, 7) is 4.49. The molecule has 0 N–H and O–H groups in total. The standard InChI is InChI=1S/C15H20F2O2/c1-3-5-6-11(4-2)10-19-15(18)12-7-8-13(16)14(17)9-12/h7-9,11H,3-6,10H2,1-2H3. The van der Waals surface area contributed by atoms with Crippen molar-refractivity contribution in [1.29, 1.82) is 0 Å². The molecule has 1 aromatic carbocycles. The minimum absolute atomic E-state index is 0.0456. The summed E-state index contributed by atoms with van der Waals surface area (Å²) in [5, 5.41) is 0. The van der Waals surface area contributed by atoms with Crippen LogP contribution in [0.1, 0.15) is 49.9 Å². The third-order valence-corrected chi connectivity index (χ3v) is 3.15. The number of benzene rings is 1. The van der Waals surface area contributed by atoms with Crippen molar-refractivity contribution in [2.24, 2.45) is 5.92 Å². The van der Waals surface area contributed by atoms with Gasteiger partial charge in [0.25, 0.3) is 0 Å². The fourth-order valence-corrected chi connectivity index (χ4v) is 1.80. The summed E-state index contributed by atoms with van der Waals surface area (Å²) in [4.78, 5) is 11.7. The van der Waals surface area contributed by atoms with Crippen LogP contribution >= 0.6 is 0 Å². The lowest BCUT2D eigenvalue weighted by Crippen LogP contribution is -2.14. The predicted molar refractivity (Wildman–Crippen MR) is 69.9 cm³/mol. The highest BCUT2D eigenvalue weighted by Gasteiger charge is 2.13. The second kappa shape index (κ2) is 7.87. The summed E-state index contributed by atoms with van der Waals surface area (Å²) in [6.07, 6.45) is 4.15. The summed E-state index contributed by atoms with van der Waals surface area (Å²) >= 11 is 0. The summed E-state index contributed by atoms with van der Waals surface area (Å²) in [5.41, 5.74) is 0.0456. The van der Waals surface area contributed by atoms with Crippen LogP contribution in [-0.4, -0.2) is 12.6 Å². The number of esters is 1. The summed E-state index contributed by atoms with van der Waals surface area (Å²) in [5.74, 6) is -2.28. The van der Waals surface area contributed by atoms with Crippen molar-refractivity contribution in [3.8, 4) is 0 Å². The Kier molecular flexibility index (Phi) is 6.46. The molecule has 1 aromatic rings. The van der Waals surface area contributed by atoms with Crippen LogP contribution in [0.4, 0.5) is 8.78 Å². The van der Waals surface area contributed by atoms with Gasteiger partial charge >= 0.3 is 5.97 Å². The third kappa shape index (κ3) is 4.97. The zero-order chi connectivity index (χ0) is 14.3. The first-order valence-electron chi connectivity index (χ1n) is 6.70. The molecule has 0 bridgehead atoms. The lowest BCUT2D eigenvalue weighted by molar-refractivity contribution is 0.0427. The Morgan fingerprint density at radius 2 is 2.00 bits per heavy atom. The van der Waals surface area contributed by atoms with E-state index in [9.17, 15) is 13.6 Å². The van der Waals surface area contributed by atoms with Gasteiger partial charge in [0.05, 0.1) is 12.2 Å². The van der Waals surface area contributed by atoms with Crippen LogP contribution in [0, 0.1) is 17.6 Å². The number of carbonyl (C=O) groups is 1. The Morgan fingerprint density at radius 1 is 1.26 bits per heavy atom. The molecule has 0 saturated carbocycles. The summed E-state index contributed by atoms with van der Waals surface area (Å²) in [7, 11) is 0. The first kappa shape index (κ1) is 15.6. The highest BCUT2D eigenvalue weighted by Crippen LogP contribution is 2.15. The first-order chi connectivity index (χ1) is 9.08. The van der Waals surface area contributed by atoms with E-state index in [1.807, 2.05) is 6.92 Å². The minimum atomic E-state index is -1.03. The van der Waals surface area contributed by atoms with Gasteiger partial charge in [-0.25, -0.2) is 13.6 Å². The molecule has 0 aliphatic heterocycles. The molecule has 0 heterocycles. The number of hydrogen-bond donors (Lipinski definition) is 0. The number of carbonyl (C=O) groups excluding carboxylic acids is 1. The Morgan fingerprint density at radius 3 is 2.58 bits per heavy atom. The molecule has 0 radical (unpaired) electrons. The third-order valence-electron chi connectivity index (χ3n) is 3.15. The maximum Gasteiger partial charge on any atom is 0.338 e. The van der Waals surface area contributed by atoms with Crippen LogP contribution in [0.15, 0.2) is 18.2 Å². The zero-order valence-corrected chi connectivity index (χ0v) is 11.4. The lowest BCUT2D eigenvalue weighted by Gasteiger charge is -2.14. The second-order valence-electron chi connectivity index (χ2n) is 4.64. The van der Waals surface area contributed by atoms with Crippen LogP contribution in [-0.2, 0) is 4.74 Å². The molecule has 0 fully saturated rings. The smallest absolute Gasteiger partial charge is 0.338 e. The fourth-order valence-electron chi connectivity index (χ4n) is 1.80. The first-order valence-corrected chi connectivity index (χ1v) is 6.70. The van der Waals surface area contributed by atoms with Gasteiger partial charge in [0.1, 0.15) is 0 Å². The maximum atomic E-state index is 13.0. The van der Waals surface area contributed by atoms with Gasteiger partial charge in [-0.05, 0) is 30.5 Å². The number of rotatable bonds is 7. The van der Waals surface area contributed by atoms with Gasteiger partial charge in [0.15, 0.2) is 11.6 Å². The fraction of sp³-hybridized carbons (Fsp3) is 0.533. The van der Waals surface area contributed by atoms with E-state index in [-0.39, 0.29) is 5.56 Å². The van der Waals surface area contributed by atoms with E-state index in [1.54, 1.807) is 0 Å². The molecular formula is C15H20F2O2. The summed E-state index contributed by atoms with van der Waals surface area (Å²) in [6, 6.07) is 3.03. The molecule has 1 atom stereocenters. The molecule has 0 amide bonds. The Hall–Kier alpha value is -1.45. The largest absolute Gasteiger partial charge is 0.462 e.